The summed E-state index contributed by atoms with van der Waals surface area (Å²) in [6.07, 6.45) is 3.39. The van der Waals surface area contributed by atoms with Crippen molar-refractivity contribution in [2.75, 3.05) is 14.2 Å². The smallest absolute Gasteiger partial charge is 0.354 e. The molecule has 0 bridgehead atoms. The normalized spacial score (nSPS) is 17.2. The maximum atomic E-state index is 11.4. The Kier molecular flexibility index (Phi) is 2.76. The van der Waals surface area contributed by atoms with E-state index in [1.807, 2.05) is 30.8 Å². The van der Waals surface area contributed by atoms with Crippen LogP contribution in [0.5, 0.6) is 0 Å². The number of rotatable bonds is 4. The lowest BCUT2D eigenvalue weighted by atomic mass is 10.1. The molecule has 0 spiro atoms. The summed E-state index contributed by atoms with van der Waals surface area (Å²) in [6.45, 7) is 0. The number of methoxy groups -OCH3 is 1. The summed E-state index contributed by atoms with van der Waals surface area (Å²) >= 11 is 0. The number of hydrogen-bond donors (Lipinski definition) is 1. The molecule has 0 radical (unpaired) electrons. The Bertz CT molecular complexity index is 405. The van der Waals surface area contributed by atoms with Crippen LogP contribution in [0.25, 0.3) is 0 Å². The van der Waals surface area contributed by atoms with E-state index >= 15 is 0 Å². The van der Waals surface area contributed by atoms with Gasteiger partial charge in [-0.25, -0.2) is 4.79 Å². The predicted octanol–water partition coefficient (Wildman–Crippen LogP) is 1.11. The zero-order valence-corrected chi connectivity index (χ0v) is 10.0. The van der Waals surface area contributed by atoms with Gasteiger partial charge >= 0.3 is 5.97 Å². The fourth-order valence-electron chi connectivity index (χ4n) is 2.05. The van der Waals surface area contributed by atoms with Crippen molar-refractivity contribution in [3.8, 4) is 0 Å². The summed E-state index contributed by atoms with van der Waals surface area (Å²) in [6, 6.07) is 3.83. The Hall–Kier alpha value is -1.29. The number of hydrogen-bond acceptors (Lipinski definition) is 3. The molecule has 1 aliphatic carbocycles. The molecule has 4 nitrogen and oxygen atoms in total. The van der Waals surface area contributed by atoms with E-state index in [4.69, 9.17) is 4.74 Å². The lowest BCUT2D eigenvalue weighted by Crippen LogP contribution is -2.30. The van der Waals surface area contributed by atoms with Crippen LogP contribution in [0.3, 0.4) is 0 Å². The van der Waals surface area contributed by atoms with Crippen molar-refractivity contribution in [3.63, 3.8) is 0 Å². The highest BCUT2D eigenvalue weighted by molar-refractivity contribution is 5.87. The molecule has 0 unspecified atom stereocenters. The van der Waals surface area contributed by atoms with Gasteiger partial charge in [0, 0.05) is 24.7 Å². The summed E-state index contributed by atoms with van der Waals surface area (Å²) in [5, 5.41) is 3.35. The van der Waals surface area contributed by atoms with Gasteiger partial charge in [-0.3, -0.25) is 0 Å². The van der Waals surface area contributed by atoms with Crippen LogP contribution < -0.4 is 5.32 Å². The number of likely N-dealkylation sites (N-methyl/N-ethyl adjacent to an activating group) is 1. The van der Waals surface area contributed by atoms with E-state index in [0.29, 0.717) is 5.69 Å². The van der Waals surface area contributed by atoms with Gasteiger partial charge in [0.2, 0.25) is 0 Å². The molecule has 1 N–H and O–H groups in total. The second kappa shape index (κ2) is 3.94. The fraction of sp³-hybridized carbons (Fsp3) is 0.583. The van der Waals surface area contributed by atoms with Crippen molar-refractivity contribution in [1.29, 1.82) is 0 Å². The van der Waals surface area contributed by atoms with Crippen LogP contribution in [0, 0.1) is 0 Å². The highest BCUT2D eigenvalue weighted by atomic mass is 16.5. The molecule has 1 fully saturated rings. The quantitative estimate of drug-likeness (QED) is 0.776. The van der Waals surface area contributed by atoms with E-state index in [0.717, 1.165) is 6.42 Å². The minimum atomic E-state index is -0.275. The van der Waals surface area contributed by atoms with Gasteiger partial charge in [0.25, 0.3) is 0 Å². The average molecular weight is 222 g/mol. The van der Waals surface area contributed by atoms with Crippen molar-refractivity contribution in [1.82, 2.24) is 9.88 Å². The molecule has 2 rings (SSSR count). The zero-order valence-electron chi connectivity index (χ0n) is 10.0. The molecule has 1 aliphatic rings. The summed E-state index contributed by atoms with van der Waals surface area (Å²) in [5.41, 5.74) is 2.05. The summed E-state index contributed by atoms with van der Waals surface area (Å²) in [4.78, 5) is 11.4. The van der Waals surface area contributed by atoms with E-state index in [-0.39, 0.29) is 11.5 Å². The number of carbonyl (C=O) groups is 1. The highest BCUT2D eigenvalue weighted by Gasteiger charge is 2.41. The Morgan fingerprint density at radius 1 is 1.56 bits per heavy atom. The average Bonchev–Trinajstić information content (AvgIpc) is 2.99. The Labute approximate surface area is 95.6 Å². The molecular formula is C12H18N2O2. The van der Waals surface area contributed by atoms with Gasteiger partial charge in [-0.15, -0.1) is 0 Å². The van der Waals surface area contributed by atoms with E-state index in [9.17, 15) is 4.79 Å². The molecule has 0 aliphatic heterocycles. The molecule has 0 amide bonds. The number of nitrogens with one attached hydrogen (secondary N) is 1. The topological polar surface area (TPSA) is 43.3 Å². The first kappa shape index (κ1) is 11.2. The molecule has 1 aromatic rings. The van der Waals surface area contributed by atoms with Crippen molar-refractivity contribution >= 4 is 5.97 Å². The molecule has 16 heavy (non-hydrogen) atoms. The zero-order chi connectivity index (χ0) is 11.8. The van der Waals surface area contributed by atoms with Crippen LogP contribution in [0.1, 0.15) is 29.0 Å². The van der Waals surface area contributed by atoms with Crippen LogP contribution in [-0.2, 0) is 18.2 Å². The number of aromatic nitrogens is 1. The van der Waals surface area contributed by atoms with Gasteiger partial charge in [0.15, 0.2) is 0 Å². The number of nitrogens with zero attached hydrogens (tertiary/aromatic N) is 1. The van der Waals surface area contributed by atoms with Gasteiger partial charge in [-0.2, -0.15) is 0 Å². The lowest BCUT2D eigenvalue weighted by molar-refractivity contribution is 0.0589. The van der Waals surface area contributed by atoms with Crippen LogP contribution >= 0.6 is 0 Å². The molecule has 0 aromatic carbocycles. The van der Waals surface area contributed by atoms with Gasteiger partial charge in [-0.1, -0.05) is 0 Å². The van der Waals surface area contributed by atoms with Crippen molar-refractivity contribution in [2.24, 2.45) is 7.05 Å². The van der Waals surface area contributed by atoms with Gasteiger partial charge < -0.3 is 14.6 Å². The molecule has 4 heteroatoms. The number of ether oxygens (including phenoxy) is 1. The molecule has 1 heterocycles. The molecule has 1 saturated carbocycles. The summed E-state index contributed by atoms with van der Waals surface area (Å²) in [7, 11) is 5.31. The van der Waals surface area contributed by atoms with Crippen molar-refractivity contribution in [2.45, 2.75) is 24.8 Å². The largest absolute Gasteiger partial charge is 0.464 e. The Morgan fingerprint density at radius 3 is 2.75 bits per heavy atom. The van der Waals surface area contributed by atoms with Crippen LogP contribution in [0.4, 0.5) is 0 Å². The minimum absolute atomic E-state index is 0.263. The summed E-state index contributed by atoms with van der Waals surface area (Å²) < 4.78 is 6.65. The first-order valence-corrected chi connectivity index (χ1v) is 5.54. The predicted molar refractivity (Wildman–Crippen MR) is 61.5 cm³/mol. The van der Waals surface area contributed by atoms with E-state index in [2.05, 4.69) is 5.32 Å². The molecule has 1 aromatic heterocycles. The standard InChI is InChI=1S/C12H18N2O2/c1-13-12(6-7-12)8-9-4-5-10(14(9)2)11(15)16-3/h4-5,13H,6-8H2,1-3H3. The van der Waals surface area contributed by atoms with Crippen LogP contribution in [0.2, 0.25) is 0 Å². The van der Waals surface area contributed by atoms with Crippen molar-refractivity contribution in [3.05, 3.63) is 23.5 Å². The summed E-state index contributed by atoms with van der Waals surface area (Å²) in [5.74, 6) is -0.275. The van der Waals surface area contributed by atoms with E-state index < -0.39 is 0 Å². The second-order valence-electron chi connectivity index (χ2n) is 4.47. The molecule has 0 saturated heterocycles. The van der Waals surface area contributed by atoms with E-state index in [1.54, 1.807) is 0 Å². The first-order valence-electron chi connectivity index (χ1n) is 5.54. The monoisotopic (exact) mass is 222 g/mol. The SMILES string of the molecule is CNC1(Cc2ccc(C(=O)OC)n2C)CC1. The van der Waals surface area contributed by atoms with E-state index in [1.165, 1.54) is 25.6 Å². The molecule has 0 atom stereocenters. The van der Waals surface area contributed by atoms with Gasteiger partial charge in [0.05, 0.1) is 7.11 Å². The maximum absolute atomic E-state index is 11.4. The maximum Gasteiger partial charge on any atom is 0.354 e. The number of esters is 1. The minimum Gasteiger partial charge on any atom is -0.464 e. The van der Waals surface area contributed by atoms with Gasteiger partial charge in [0.1, 0.15) is 5.69 Å². The fourth-order valence-corrected chi connectivity index (χ4v) is 2.05. The third-order valence-corrected chi connectivity index (χ3v) is 3.52. The molecule has 88 valence electrons. The first-order chi connectivity index (χ1) is 7.62. The van der Waals surface area contributed by atoms with Crippen LogP contribution in [0.15, 0.2) is 12.1 Å². The third kappa shape index (κ3) is 1.85. The number of carbonyl (C=O) groups excluding carboxylic acids is 1. The van der Waals surface area contributed by atoms with Crippen molar-refractivity contribution < 1.29 is 9.53 Å². The molecular weight excluding hydrogens is 204 g/mol. The second-order valence-corrected chi connectivity index (χ2v) is 4.47. The van der Waals surface area contributed by atoms with Crippen LogP contribution in [-0.4, -0.2) is 30.2 Å². The van der Waals surface area contributed by atoms with Gasteiger partial charge in [-0.05, 0) is 32.0 Å². The highest BCUT2D eigenvalue weighted by Crippen LogP contribution is 2.38. The Morgan fingerprint density at radius 2 is 2.25 bits per heavy atom. The third-order valence-electron chi connectivity index (χ3n) is 3.52. The lowest BCUT2D eigenvalue weighted by Gasteiger charge is -2.15. The Balaban J connectivity index is 2.17.